The van der Waals surface area contributed by atoms with Gasteiger partial charge in [-0.2, -0.15) is 17.6 Å². The predicted octanol–water partition coefficient (Wildman–Crippen LogP) is 4.53. The second-order valence-electron chi connectivity index (χ2n) is 7.31. The van der Waals surface area contributed by atoms with E-state index in [1.165, 1.54) is 4.90 Å². The molecule has 2 rings (SSSR count). The van der Waals surface area contributed by atoms with Crippen molar-refractivity contribution in [2.75, 3.05) is 13.1 Å². The first-order valence-corrected chi connectivity index (χ1v) is 8.48. The molecule has 0 N–H and O–H groups in total. The van der Waals surface area contributed by atoms with E-state index in [2.05, 4.69) is 0 Å². The number of hydrogen-bond acceptors (Lipinski definition) is 5. The van der Waals surface area contributed by atoms with Crippen LogP contribution in [0.5, 0.6) is 5.75 Å². The number of nitrogens with zero attached hydrogens (tertiary/aromatic N) is 2. The van der Waals surface area contributed by atoms with Crippen molar-refractivity contribution in [3.8, 4) is 5.75 Å². The number of halogens is 4. The summed E-state index contributed by atoms with van der Waals surface area (Å²) < 4.78 is 64.2. The second-order valence-corrected chi connectivity index (χ2v) is 7.31. The molecule has 28 heavy (non-hydrogen) atoms. The summed E-state index contributed by atoms with van der Waals surface area (Å²) in [6.45, 7) is 5.51. The van der Waals surface area contributed by atoms with Crippen molar-refractivity contribution < 1.29 is 36.8 Å². The molecule has 1 amide bonds. The van der Waals surface area contributed by atoms with Gasteiger partial charge in [-0.1, -0.05) is 0 Å². The number of carbonyl (C=O) groups excluding carboxylic acids is 1. The van der Waals surface area contributed by atoms with Crippen molar-refractivity contribution in [3.63, 3.8) is 0 Å². The molecule has 1 aromatic rings. The Morgan fingerprint density at radius 3 is 2.25 bits per heavy atom. The fourth-order valence-corrected chi connectivity index (χ4v) is 2.71. The van der Waals surface area contributed by atoms with E-state index in [1.54, 1.807) is 20.8 Å². The molecule has 0 aliphatic carbocycles. The molecule has 7 nitrogen and oxygen atoms in total. The third-order valence-electron chi connectivity index (χ3n) is 3.95. The smallest absolute Gasteiger partial charge is 0.423 e. The summed E-state index contributed by atoms with van der Waals surface area (Å²) >= 11 is 0. The van der Waals surface area contributed by atoms with Crippen molar-refractivity contribution in [1.29, 1.82) is 0 Å². The van der Waals surface area contributed by atoms with Crippen molar-refractivity contribution in [1.82, 2.24) is 4.90 Å². The largest absolute Gasteiger partial charge is 0.490 e. The van der Waals surface area contributed by atoms with Crippen molar-refractivity contribution in [3.05, 3.63) is 33.6 Å². The zero-order valence-corrected chi connectivity index (χ0v) is 15.5. The predicted molar refractivity (Wildman–Crippen MR) is 89.5 cm³/mol. The maximum atomic E-state index is 14.0. The standard InChI is InChI=1S/C17H20F4N2O5/c1-16(2,3)28-15(24)22-8-6-10(7-9-22)27-12-5-4-11(23(25)26)14(18)13(12)17(19,20)21/h4-5,10H,6-9H2,1-3H3. The van der Waals surface area contributed by atoms with Gasteiger partial charge in [0.2, 0.25) is 5.82 Å². The lowest BCUT2D eigenvalue weighted by Gasteiger charge is -2.33. The Kier molecular flexibility index (Phi) is 6.05. The Labute approximate surface area is 158 Å². The summed E-state index contributed by atoms with van der Waals surface area (Å²) in [4.78, 5) is 22.9. The van der Waals surface area contributed by atoms with Gasteiger partial charge in [-0.3, -0.25) is 10.1 Å². The van der Waals surface area contributed by atoms with Crippen molar-refractivity contribution in [2.45, 2.75) is 51.5 Å². The number of alkyl halides is 3. The lowest BCUT2D eigenvalue weighted by atomic mass is 10.1. The van der Waals surface area contributed by atoms with E-state index in [0.29, 0.717) is 6.07 Å². The van der Waals surface area contributed by atoms with Crippen LogP contribution in [0.3, 0.4) is 0 Å². The Bertz CT molecular complexity index is 753. The van der Waals surface area contributed by atoms with Crippen LogP contribution in [0.4, 0.5) is 28.0 Å². The van der Waals surface area contributed by atoms with Gasteiger partial charge in [0, 0.05) is 32.0 Å². The number of hydrogen-bond donors (Lipinski definition) is 0. The molecule has 11 heteroatoms. The molecule has 1 saturated heterocycles. The van der Waals surface area contributed by atoms with Crippen molar-refractivity contribution >= 4 is 11.8 Å². The van der Waals surface area contributed by atoms with E-state index in [4.69, 9.17) is 9.47 Å². The zero-order valence-electron chi connectivity index (χ0n) is 15.5. The van der Waals surface area contributed by atoms with Gasteiger partial charge >= 0.3 is 18.0 Å². The van der Waals surface area contributed by atoms with Gasteiger partial charge in [-0.05, 0) is 26.8 Å². The summed E-state index contributed by atoms with van der Waals surface area (Å²) in [6.07, 6.45) is -6.00. The monoisotopic (exact) mass is 408 g/mol. The SMILES string of the molecule is CC(C)(C)OC(=O)N1CCC(Oc2ccc([N+](=O)[O-])c(F)c2C(F)(F)F)CC1. The van der Waals surface area contributed by atoms with Crippen LogP contribution in [0.1, 0.15) is 39.2 Å². The van der Waals surface area contributed by atoms with E-state index >= 15 is 0 Å². The van der Waals surface area contributed by atoms with Gasteiger partial charge in [0.15, 0.2) is 0 Å². The average Bonchev–Trinajstić information content (AvgIpc) is 2.52. The summed E-state index contributed by atoms with van der Waals surface area (Å²) in [5.41, 5.74) is -3.77. The first-order chi connectivity index (χ1) is 12.8. The molecule has 0 atom stereocenters. The molecular weight excluding hydrogens is 388 g/mol. The van der Waals surface area contributed by atoms with Gasteiger partial charge in [0.05, 0.1) is 4.92 Å². The van der Waals surface area contributed by atoms with E-state index in [-0.39, 0.29) is 25.9 Å². The Hall–Kier alpha value is -2.59. The van der Waals surface area contributed by atoms with Gasteiger partial charge in [0.25, 0.3) is 0 Å². The summed E-state index contributed by atoms with van der Waals surface area (Å²) in [5, 5.41) is 10.7. The van der Waals surface area contributed by atoms with Gasteiger partial charge in [-0.25, -0.2) is 4.79 Å². The normalized spacial score (nSPS) is 16.0. The van der Waals surface area contributed by atoms with Crippen LogP contribution < -0.4 is 4.74 Å². The topological polar surface area (TPSA) is 81.9 Å². The number of piperidine rings is 1. The maximum absolute atomic E-state index is 14.0. The third kappa shape index (κ3) is 5.23. The fourth-order valence-electron chi connectivity index (χ4n) is 2.71. The molecule has 0 saturated carbocycles. The molecule has 0 spiro atoms. The van der Waals surface area contributed by atoms with Crippen LogP contribution in [-0.2, 0) is 10.9 Å². The molecule has 1 fully saturated rings. The van der Waals surface area contributed by atoms with Crippen LogP contribution >= 0.6 is 0 Å². The number of nitro groups is 1. The molecule has 1 aliphatic rings. The van der Waals surface area contributed by atoms with E-state index in [0.717, 1.165) is 6.07 Å². The molecule has 1 heterocycles. The highest BCUT2D eigenvalue weighted by molar-refractivity contribution is 5.68. The summed E-state index contributed by atoms with van der Waals surface area (Å²) in [5.74, 6) is -2.80. The minimum Gasteiger partial charge on any atom is -0.490 e. The Morgan fingerprint density at radius 2 is 1.79 bits per heavy atom. The molecule has 1 aromatic carbocycles. The molecule has 0 unspecified atom stereocenters. The van der Waals surface area contributed by atoms with Crippen molar-refractivity contribution in [2.24, 2.45) is 0 Å². The second kappa shape index (κ2) is 7.80. The molecule has 0 aromatic heterocycles. The van der Waals surface area contributed by atoms with E-state index < -0.39 is 51.7 Å². The summed E-state index contributed by atoms with van der Waals surface area (Å²) in [6, 6.07) is 1.38. The quantitative estimate of drug-likeness (QED) is 0.417. The Balaban J connectivity index is 2.12. The first-order valence-electron chi connectivity index (χ1n) is 8.48. The van der Waals surface area contributed by atoms with Gasteiger partial charge in [-0.15, -0.1) is 0 Å². The summed E-state index contributed by atoms with van der Waals surface area (Å²) in [7, 11) is 0. The van der Waals surface area contributed by atoms with E-state index in [1.807, 2.05) is 0 Å². The lowest BCUT2D eigenvalue weighted by molar-refractivity contribution is -0.387. The third-order valence-corrected chi connectivity index (χ3v) is 3.95. The number of benzene rings is 1. The fraction of sp³-hybridized carbons (Fsp3) is 0.588. The Morgan fingerprint density at radius 1 is 1.21 bits per heavy atom. The number of amides is 1. The van der Waals surface area contributed by atoms with Crippen LogP contribution in [0.25, 0.3) is 0 Å². The number of rotatable bonds is 3. The highest BCUT2D eigenvalue weighted by atomic mass is 19.4. The van der Waals surface area contributed by atoms with Gasteiger partial charge in [0.1, 0.15) is 23.0 Å². The van der Waals surface area contributed by atoms with E-state index in [9.17, 15) is 32.5 Å². The molecule has 0 radical (unpaired) electrons. The number of carbonyl (C=O) groups is 1. The lowest BCUT2D eigenvalue weighted by Crippen LogP contribution is -2.44. The van der Waals surface area contributed by atoms with Crippen LogP contribution in [0, 0.1) is 15.9 Å². The van der Waals surface area contributed by atoms with Crippen LogP contribution in [0.2, 0.25) is 0 Å². The number of likely N-dealkylation sites (tertiary alicyclic amines) is 1. The number of nitro benzene ring substituents is 1. The van der Waals surface area contributed by atoms with Gasteiger partial charge < -0.3 is 14.4 Å². The van der Waals surface area contributed by atoms with Crippen LogP contribution in [-0.4, -0.2) is 40.7 Å². The minimum atomic E-state index is -5.16. The average molecular weight is 408 g/mol. The molecule has 156 valence electrons. The molecule has 1 aliphatic heterocycles. The van der Waals surface area contributed by atoms with Crippen LogP contribution in [0.15, 0.2) is 12.1 Å². The maximum Gasteiger partial charge on any atom is 0.423 e. The minimum absolute atomic E-state index is 0.191. The number of ether oxygens (including phenoxy) is 2. The first kappa shape index (κ1) is 21.7. The molecule has 0 bridgehead atoms. The molecular formula is C17H20F4N2O5. The highest BCUT2D eigenvalue weighted by Gasteiger charge is 2.42. The zero-order chi connectivity index (χ0) is 21.3. The highest BCUT2D eigenvalue weighted by Crippen LogP contribution is 2.42.